The van der Waals surface area contributed by atoms with Crippen LogP contribution >= 0.6 is 0 Å². The van der Waals surface area contributed by atoms with Crippen LogP contribution in [0.15, 0.2) is 137 Å². The van der Waals surface area contributed by atoms with Gasteiger partial charge in [-0.05, 0) is 134 Å². The second-order valence-corrected chi connectivity index (χ2v) is 16.9. The molecule has 10 unspecified atom stereocenters. The van der Waals surface area contributed by atoms with Gasteiger partial charge in [0.1, 0.15) is 11.9 Å². The highest BCUT2D eigenvalue weighted by Gasteiger charge is 2.64. The Hall–Kier alpha value is -4.41. The summed E-state index contributed by atoms with van der Waals surface area (Å²) in [5, 5.41) is 0. The highest BCUT2D eigenvalue weighted by Crippen LogP contribution is 2.66. The third-order valence-corrected chi connectivity index (χ3v) is 14.1. The average Bonchev–Trinajstić information content (AvgIpc) is 3.56. The van der Waals surface area contributed by atoms with Crippen molar-refractivity contribution in [3.05, 3.63) is 154 Å². The molecule has 9 aliphatic rings. The first-order chi connectivity index (χ1) is 26.2. The molecular weight excluding hydrogens is 649 g/mol. The monoisotopic (exact) mass is 698 g/mol. The summed E-state index contributed by atoms with van der Waals surface area (Å²) in [6.45, 7) is 2.39. The van der Waals surface area contributed by atoms with Crippen LogP contribution in [-0.2, 0) is 22.3 Å². The van der Waals surface area contributed by atoms with Crippen molar-refractivity contribution < 1.29 is 9.47 Å². The molecule has 3 aliphatic heterocycles. The minimum Gasteiger partial charge on any atom is -0.486 e. The predicted molar refractivity (Wildman–Crippen MR) is 214 cm³/mol. The fourth-order valence-corrected chi connectivity index (χ4v) is 12.0. The molecule has 1 aromatic carbocycles. The van der Waals surface area contributed by atoms with E-state index in [2.05, 4.69) is 127 Å². The predicted octanol–water partition coefficient (Wildman–Crippen LogP) is 10.4. The molecule has 1 spiro atoms. The van der Waals surface area contributed by atoms with E-state index in [0.29, 0.717) is 17.8 Å². The number of nitrogens with zero attached hydrogens (tertiary/aromatic N) is 2. The van der Waals surface area contributed by atoms with Crippen molar-refractivity contribution in [2.45, 2.75) is 95.0 Å². The molecule has 0 radical (unpaired) electrons. The molecule has 4 heterocycles. The van der Waals surface area contributed by atoms with E-state index >= 15 is 0 Å². The fraction of sp³-hybridized carbons (Fsp3) is 0.408. The van der Waals surface area contributed by atoms with Crippen molar-refractivity contribution in [2.24, 2.45) is 34.1 Å². The minimum atomic E-state index is -0.137. The van der Waals surface area contributed by atoms with E-state index in [1.807, 2.05) is 6.21 Å². The maximum atomic E-state index is 7.24. The van der Waals surface area contributed by atoms with Crippen molar-refractivity contribution in [2.75, 3.05) is 0 Å². The van der Waals surface area contributed by atoms with Gasteiger partial charge in [0.2, 0.25) is 0 Å². The SMILES string of the molecule is CC1C=CC2OC3C=C(C4CC=CC=N4)C=CC3C3(C4=CCCC=C4OC4C=C(C5CC=Cc6c5c5c(n6-c6ccccc6)CCCC5)C=CC43)C2C1. The molecule has 11 rings (SSSR count). The Morgan fingerprint density at radius 1 is 0.811 bits per heavy atom. The summed E-state index contributed by atoms with van der Waals surface area (Å²) in [7, 11) is 0. The van der Waals surface area contributed by atoms with Gasteiger partial charge >= 0.3 is 0 Å². The number of dihydropyridines is 1. The van der Waals surface area contributed by atoms with Gasteiger partial charge in [0.25, 0.3) is 0 Å². The van der Waals surface area contributed by atoms with E-state index < -0.39 is 0 Å². The number of rotatable bonds is 3. The summed E-state index contributed by atoms with van der Waals surface area (Å²) >= 11 is 0. The van der Waals surface area contributed by atoms with Gasteiger partial charge in [-0.2, -0.15) is 0 Å². The summed E-state index contributed by atoms with van der Waals surface area (Å²) in [4.78, 5) is 4.86. The number of ether oxygens (including phenoxy) is 2. The maximum Gasteiger partial charge on any atom is 0.125 e. The van der Waals surface area contributed by atoms with Gasteiger partial charge in [-0.1, -0.05) is 79.8 Å². The molecule has 2 fully saturated rings. The van der Waals surface area contributed by atoms with E-state index in [1.54, 1.807) is 11.1 Å². The highest BCUT2D eigenvalue weighted by molar-refractivity contribution is 5.73. The summed E-state index contributed by atoms with van der Waals surface area (Å²) in [5.74, 6) is 2.77. The molecule has 0 amide bonds. The molecule has 0 N–H and O–H groups in total. The quantitative estimate of drug-likeness (QED) is 0.299. The third-order valence-electron chi connectivity index (χ3n) is 14.1. The Bertz CT molecular complexity index is 2150. The molecule has 2 saturated heterocycles. The van der Waals surface area contributed by atoms with Gasteiger partial charge in [0, 0.05) is 52.4 Å². The van der Waals surface area contributed by atoms with Gasteiger partial charge < -0.3 is 14.0 Å². The lowest BCUT2D eigenvalue weighted by atomic mass is 9.46. The summed E-state index contributed by atoms with van der Waals surface area (Å²) in [6.07, 6.45) is 46.1. The first kappa shape index (κ1) is 32.1. The Kier molecular flexibility index (Phi) is 7.61. The van der Waals surface area contributed by atoms with E-state index in [1.165, 1.54) is 53.1 Å². The van der Waals surface area contributed by atoms with Crippen molar-refractivity contribution in [3.63, 3.8) is 0 Å². The number of aromatic nitrogens is 1. The van der Waals surface area contributed by atoms with E-state index in [0.717, 1.165) is 44.3 Å². The molecule has 4 heteroatoms. The molecular formula is C49H50N2O2. The largest absolute Gasteiger partial charge is 0.486 e. The maximum absolute atomic E-state index is 7.24. The van der Waals surface area contributed by atoms with E-state index in [4.69, 9.17) is 14.5 Å². The average molecular weight is 699 g/mol. The Morgan fingerprint density at radius 2 is 1.64 bits per heavy atom. The Labute approximate surface area is 314 Å². The first-order valence-corrected chi connectivity index (χ1v) is 20.6. The van der Waals surface area contributed by atoms with E-state index in [9.17, 15) is 0 Å². The van der Waals surface area contributed by atoms with Gasteiger partial charge in [0.15, 0.2) is 0 Å². The second-order valence-electron chi connectivity index (χ2n) is 16.9. The zero-order chi connectivity index (χ0) is 35.1. The summed E-state index contributed by atoms with van der Waals surface area (Å²) < 4.78 is 17.0. The molecule has 0 bridgehead atoms. The van der Waals surface area contributed by atoms with Crippen LogP contribution in [0.1, 0.15) is 80.3 Å². The van der Waals surface area contributed by atoms with Crippen LogP contribution in [0, 0.1) is 29.1 Å². The topological polar surface area (TPSA) is 35.8 Å². The number of allylic oxidation sites excluding steroid dienone is 8. The molecule has 0 saturated carbocycles. The second kappa shape index (κ2) is 12.6. The van der Waals surface area contributed by atoms with Crippen molar-refractivity contribution in [1.82, 2.24) is 4.57 Å². The number of benzene rings is 1. The van der Waals surface area contributed by atoms with Gasteiger partial charge in [-0.15, -0.1) is 0 Å². The molecule has 1 aromatic heterocycles. The molecule has 2 aromatic rings. The summed E-state index contributed by atoms with van der Waals surface area (Å²) in [5.41, 5.74) is 11.4. The lowest BCUT2D eigenvalue weighted by molar-refractivity contribution is -0.171. The van der Waals surface area contributed by atoms with Crippen LogP contribution in [0.4, 0.5) is 0 Å². The minimum absolute atomic E-state index is 0.00710. The zero-order valence-corrected chi connectivity index (χ0v) is 30.8. The Morgan fingerprint density at radius 3 is 2.53 bits per heavy atom. The number of aliphatic imine (C=N–C) groups is 1. The van der Waals surface area contributed by atoms with Crippen LogP contribution in [0.3, 0.4) is 0 Å². The number of hydrogen-bond donors (Lipinski definition) is 0. The number of fused-ring (bicyclic) bond motifs is 11. The Balaban J connectivity index is 1.03. The highest BCUT2D eigenvalue weighted by atomic mass is 16.5. The van der Waals surface area contributed by atoms with Crippen LogP contribution in [0.2, 0.25) is 0 Å². The van der Waals surface area contributed by atoms with Gasteiger partial charge in [-0.3, -0.25) is 4.99 Å². The van der Waals surface area contributed by atoms with Crippen molar-refractivity contribution in [1.29, 1.82) is 0 Å². The fourth-order valence-electron chi connectivity index (χ4n) is 12.0. The summed E-state index contributed by atoms with van der Waals surface area (Å²) in [6, 6.07) is 11.2. The molecule has 6 aliphatic carbocycles. The van der Waals surface area contributed by atoms with Crippen LogP contribution in [-0.4, -0.2) is 35.1 Å². The van der Waals surface area contributed by atoms with Crippen LogP contribution < -0.4 is 0 Å². The number of hydrogen-bond acceptors (Lipinski definition) is 3. The van der Waals surface area contributed by atoms with Crippen LogP contribution in [0.5, 0.6) is 0 Å². The van der Waals surface area contributed by atoms with Crippen molar-refractivity contribution >= 4 is 12.3 Å². The lowest BCUT2D eigenvalue weighted by Gasteiger charge is -2.63. The molecule has 10 atom stereocenters. The standard InChI is InChI=1S/C49H50N2O2/c1-31-21-26-45-40(28-31)49(39-25-23-33(30-47(39)53-45)41-17-9-10-27-50-41)37-16-6-8-20-44(37)52-46-29-32(22-24-38(46)49)35-15-11-19-43-48(35)36-14-5-7-18-42(36)51(43)34-12-3-2-4-13-34/h2-4,9-13,16,19-27,29-31,35,38-41,45-47H,5-8,14-15,17-18,28H2,1H3. The number of para-hydroxylation sites is 1. The normalized spacial score (nSPS) is 37.2. The van der Waals surface area contributed by atoms with Gasteiger partial charge in [-0.25, -0.2) is 0 Å². The molecule has 4 nitrogen and oxygen atoms in total. The van der Waals surface area contributed by atoms with Crippen molar-refractivity contribution in [3.8, 4) is 5.69 Å². The third kappa shape index (κ3) is 4.86. The lowest BCUT2D eigenvalue weighted by Crippen LogP contribution is -2.63. The van der Waals surface area contributed by atoms with Crippen LogP contribution in [0.25, 0.3) is 11.8 Å². The zero-order valence-electron chi connectivity index (χ0n) is 30.8. The molecule has 268 valence electrons. The van der Waals surface area contributed by atoms with E-state index in [-0.39, 0.29) is 41.6 Å². The smallest absolute Gasteiger partial charge is 0.125 e. The first-order valence-electron chi connectivity index (χ1n) is 20.6. The molecule has 53 heavy (non-hydrogen) atoms. The van der Waals surface area contributed by atoms with Gasteiger partial charge in [0.05, 0.1) is 18.2 Å².